The molecule has 3 aromatic carbocycles. The summed E-state index contributed by atoms with van der Waals surface area (Å²) in [4.78, 5) is 12.6. The molecule has 168 valence electrons. The van der Waals surface area contributed by atoms with Crippen molar-refractivity contribution in [1.82, 2.24) is 5.32 Å². The van der Waals surface area contributed by atoms with Crippen LogP contribution in [0, 0.1) is 13.8 Å². The summed E-state index contributed by atoms with van der Waals surface area (Å²) in [6.07, 6.45) is 0. The van der Waals surface area contributed by atoms with E-state index in [0.29, 0.717) is 17.0 Å². The van der Waals surface area contributed by atoms with E-state index in [0.717, 1.165) is 11.3 Å². The van der Waals surface area contributed by atoms with Crippen LogP contribution in [0.5, 0.6) is 11.5 Å². The van der Waals surface area contributed by atoms with Crippen molar-refractivity contribution in [2.75, 3.05) is 25.0 Å². The smallest absolute Gasteiger partial charge is 0.262 e. The number of carbonyl (C=O) groups is 1. The summed E-state index contributed by atoms with van der Waals surface area (Å²) in [5.41, 5.74) is 2.28. The molecule has 3 aromatic rings. The normalized spacial score (nSPS) is 11.0. The zero-order chi connectivity index (χ0) is 23.1. The number of anilines is 1. The lowest BCUT2D eigenvalue weighted by molar-refractivity contribution is 0.0947. The van der Waals surface area contributed by atoms with Crippen LogP contribution in [0.25, 0.3) is 0 Å². The number of amides is 1. The zero-order valence-electron chi connectivity index (χ0n) is 18.2. The Bertz CT molecular complexity index is 1170. The maximum absolute atomic E-state index is 12.9. The van der Waals surface area contributed by atoms with Crippen molar-refractivity contribution in [2.45, 2.75) is 18.7 Å². The molecule has 0 radical (unpaired) electrons. The van der Waals surface area contributed by atoms with Crippen LogP contribution >= 0.6 is 0 Å². The number of benzene rings is 3. The standard InChI is InChI=1S/C24H26N2O5S/c1-17-4-8-20(9-5-17)26-32(28,29)23-16-19(7-6-18(23)2)24(27)25-14-15-31-22-12-10-21(30-3)11-13-22/h4-13,16,26H,14-15H2,1-3H3,(H,25,27). The van der Waals surface area contributed by atoms with E-state index >= 15 is 0 Å². The van der Waals surface area contributed by atoms with Gasteiger partial charge < -0.3 is 14.8 Å². The molecular formula is C24H26N2O5S. The van der Waals surface area contributed by atoms with Crippen molar-refractivity contribution in [3.05, 3.63) is 83.4 Å². The summed E-state index contributed by atoms with van der Waals surface area (Å²) in [5, 5.41) is 2.74. The van der Waals surface area contributed by atoms with E-state index in [1.165, 1.54) is 6.07 Å². The molecule has 0 saturated carbocycles. The highest BCUT2D eigenvalue weighted by atomic mass is 32.2. The van der Waals surface area contributed by atoms with Gasteiger partial charge in [0.15, 0.2) is 0 Å². The summed E-state index contributed by atoms with van der Waals surface area (Å²) >= 11 is 0. The Morgan fingerprint density at radius 2 is 1.56 bits per heavy atom. The molecule has 2 N–H and O–H groups in total. The molecule has 0 aliphatic carbocycles. The summed E-state index contributed by atoms with van der Waals surface area (Å²) in [6, 6.07) is 18.8. The lowest BCUT2D eigenvalue weighted by Gasteiger charge is -2.13. The molecule has 32 heavy (non-hydrogen) atoms. The predicted octanol–water partition coefficient (Wildman–Crippen LogP) is 3.92. The molecular weight excluding hydrogens is 428 g/mol. The fourth-order valence-corrected chi connectivity index (χ4v) is 4.30. The number of hydrogen-bond donors (Lipinski definition) is 2. The molecule has 0 atom stereocenters. The number of sulfonamides is 1. The third kappa shape index (κ3) is 6.01. The first kappa shape index (κ1) is 23.1. The summed E-state index contributed by atoms with van der Waals surface area (Å²) in [6.45, 7) is 4.15. The van der Waals surface area contributed by atoms with E-state index < -0.39 is 10.0 Å². The Morgan fingerprint density at radius 1 is 0.906 bits per heavy atom. The highest BCUT2D eigenvalue weighted by molar-refractivity contribution is 7.92. The molecule has 0 spiro atoms. The van der Waals surface area contributed by atoms with Crippen molar-refractivity contribution >= 4 is 21.6 Å². The SMILES string of the molecule is COc1ccc(OCCNC(=O)c2ccc(C)c(S(=O)(=O)Nc3ccc(C)cc3)c2)cc1. The van der Waals surface area contributed by atoms with E-state index in [-0.39, 0.29) is 29.5 Å². The second-order valence-electron chi connectivity index (χ2n) is 7.23. The minimum atomic E-state index is -3.84. The Hall–Kier alpha value is -3.52. The first-order chi connectivity index (χ1) is 15.3. The fourth-order valence-electron chi connectivity index (χ4n) is 2.97. The maximum Gasteiger partial charge on any atom is 0.262 e. The van der Waals surface area contributed by atoms with Gasteiger partial charge >= 0.3 is 0 Å². The van der Waals surface area contributed by atoms with Gasteiger partial charge in [0.05, 0.1) is 18.6 Å². The Kier molecular flexibility index (Phi) is 7.37. The minimum absolute atomic E-state index is 0.0557. The molecule has 0 bridgehead atoms. The van der Waals surface area contributed by atoms with Gasteiger partial charge in [-0.15, -0.1) is 0 Å². The Balaban J connectivity index is 1.62. The van der Waals surface area contributed by atoms with Gasteiger partial charge in [0.1, 0.15) is 18.1 Å². The molecule has 7 nitrogen and oxygen atoms in total. The first-order valence-electron chi connectivity index (χ1n) is 10.0. The molecule has 0 saturated heterocycles. The highest BCUT2D eigenvalue weighted by Gasteiger charge is 2.19. The van der Waals surface area contributed by atoms with Crippen LogP contribution in [0.1, 0.15) is 21.5 Å². The van der Waals surface area contributed by atoms with Gasteiger partial charge in [-0.1, -0.05) is 23.8 Å². The molecule has 0 heterocycles. The van der Waals surface area contributed by atoms with Gasteiger partial charge in [0, 0.05) is 11.3 Å². The Labute approximate surface area is 188 Å². The number of carbonyl (C=O) groups excluding carboxylic acids is 1. The van der Waals surface area contributed by atoms with Crippen molar-refractivity contribution in [3.8, 4) is 11.5 Å². The van der Waals surface area contributed by atoms with Gasteiger partial charge in [0.2, 0.25) is 0 Å². The summed E-state index contributed by atoms with van der Waals surface area (Å²) in [5.74, 6) is 1.01. The number of hydrogen-bond acceptors (Lipinski definition) is 5. The van der Waals surface area contributed by atoms with E-state index in [2.05, 4.69) is 10.0 Å². The van der Waals surface area contributed by atoms with Crippen LogP contribution < -0.4 is 19.5 Å². The van der Waals surface area contributed by atoms with Gasteiger partial charge in [-0.25, -0.2) is 8.42 Å². The van der Waals surface area contributed by atoms with Crippen LogP contribution in [0.4, 0.5) is 5.69 Å². The third-order valence-corrected chi connectivity index (χ3v) is 6.28. The number of aryl methyl sites for hydroxylation is 2. The van der Waals surface area contributed by atoms with E-state index in [4.69, 9.17) is 9.47 Å². The van der Waals surface area contributed by atoms with Crippen LogP contribution in [0.2, 0.25) is 0 Å². The molecule has 0 aliphatic rings. The van der Waals surface area contributed by atoms with Crippen LogP contribution in [0.15, 0.2) is 71.6 Å². The summed E-state index contributed by atoms with van der Waals surface area (Å²) in [7, 11) is -2.26. The summed E-state index contributed by atoms with van der Waals surface area (Å²) < 4.78 is 39.0. The monoisotopic (exact) mass is 454 g/mol. The van der Waals surface area contributed by atoms with Crippen LogP contribution in [-0.4, -0.2) is 34.6 Å². The lowest BCUT2D eigenvalue weighted by Crippen LogP contribution is -2.28. The minimum Gasteiger partial charge on any atom is -0.497 e. The van der Waals surface area contributed by atoms with E-state index in [9.17, 15) is 13.2 Å². The average molecular weight is 455 g/mol. The molecule has 1 amide bonds. The van der Waals surface area contributed by atoms with Crippen molar-refractivity contribution < 1.29 is 22.7 Å². The molecule has 0 fully saturated rings. The maximum atomic E-state index is 12.9. The van der Waals surface area contributed by atoms with Crippen molar-refractivity contribution in [2.24, 2.45) is 0 Å². The van der Waals surface area contributed by atoms with Crippen LogP contribution in [-0.2, 0) is 10.0 Å². The van der Waals surface area contributed by atoms with Crippen molar-refractivity contribution in [1.29, 1.82) is 0 Å². The zero-order valence-corrected chi connectivity index (χ0v) is 19.0. The second kappa shape index (κ2) is 10.2. The Morgan fingerprint density at radius 3 is 2.22 bits per heavy atom. The number of methoxy groups -OCH3 is 1. The molecule has 0 aliphatic heterocycles. The van der Waals surface area contributed by atoms with Gasteiger partial charge in [-0.3, -0.25) is 9.52 Å². The van der Waals surface area contributed by atoms with Gasteiger partial charge in [0.25, 0.3) is 15.9 Å². The average Bonchev–Trinajstić information content (AvgIpc) is 2.78. The fraction of sp³-hybridized carbons (Fsp3) is 0.208. The van der Waals surface area contributed by atoms with Gasteiger partial charge in [-0.05, 0) is 67.9 Å². The number of ether oxygens (including phenoxy) is 2. The quantitative estimate of drug-likeness (QED) is 0.478. The number of nitrogens with one attached hydrogen (secondary N) is 2. The van der Waals surface area contributed by atoms with E-state index in [1.54, 1.807) is 62.6 Å². The first-order valence-corrected chi connectivity index (χ1v) is 11.5. The highest BCUT2D eigenvalue weighted by Crippen LogP contribution is 2.21. The predicted molar refractivity (Wildman–Crippen MR) is 124 cm³/mol. The third-order valence-electron chi connectivity index (χ3n) is 4.76. The van der Waals surface area contributed by atoms with Gasteiger partial charge in [-0.2, -0.15) is 0 Å². The van der Waals surface area contributed by atoms with Crippen molar-refractivity contribution in [3.63, 3.8) is 0 Å². The molecule has 0 unspecified atom stereocenters. The topological polar surface area (TPSA) is 93.7 Å². The number of rotatable bonds is 9. The largest absolute Gasteiger partial charge is 0.497 e. The molecule has 8 heteroatoms. The molecule has 0 aromatic heterocycles. The van der Waals surface area contributed by atoms with Crippen LogP contribution in [0.3, 0.4) is 0 Å². The lowest BCUT2D eigenvalue weighted by atomic mass is 10.1. The second-order valence-corrected chi connectivity index (χ2v) is 8.88. The van der Waals surface area contributed by atoms with E-state index in [1.807, 2.05) is 19.1 Å². The molecule has 3 rings (SSSR count).